The smallest absolute Gasteiger partial charge is 0.210 e. The van der Waals surface area contributed by atoms with Crippen LogP contribution in [0.25, 0.3) is 16.5 Å². The van der Waals surface area contributed by atoms with Crippen molar-refractivity contribution in [3.63, 3.8) is 0 Å². The zero-order valence-electron chi connectivity index (χ0n) is 11.1. The Morgan fingerprint density at radius 1 is 0.810 bits per heavy atom. The molecule has 4 rings (SSSR count). The number of rotatable bonds is 1. The summed E-state index contributed by atoms with van der Waals surface area (Å²) >= 11 is 0. The molecule has 1 aliphatic carbocycles. The van der Waals surface area contributed by atoms with Gasteiger partial charge in [0.2, 0.25) is 5.78 Å². The van der Waals surface area contributed by atoms with Crippen LogP contribution in [-0.2, 0) is 0 Å². The third-order valence-electron chi connectivity index (χ3n) is 3.78. The molecule has 1 N–H and O–H groups in total. The summed E-state index contributed by atoms with van der Waals surface area (Å²) in [6.07, 6.45) is 1.44. The molecule has 0 saturated carbocycles. The van der Waals surface area contributed by atoms with E-state index in [1.54, 1.807) is 0 Å². The van der Waals surface area contributed by atoms with E-state index in [2.05, 4.69) is 4.98 Å². The van der Waals surface area contributed by atoms with Crippen LogP contribution in [0.2, 0.25) is 0 Å². The summed E-state index contributed by atoms with van der Waals surface area (Å²) in [4.78, 5) is 28.2. The summed E-state index contributed by atoms with van der Waals surface area (Å²) in [7, 11) is 0. The molecule has 2 aromatic carbocycles. The van der Waals surface area contributed by atoms with E-state index in [1.807, 2.05) is 54.6 Å². The maximum Gasteiger partial charge on any atom is 0.210 e. The van der Waals surface area contributed by atoms with Crippen molar-refractivity contribution in [3.8, 4) is 0 Å². The summed E-state index contributed by atoms with van der Waals surface area (Å²) in [6.45, 7) is 0. The lowest BCUT2D eigenvalue weighted by Crippen LogP contribution is -2.15. The van der Waals surface area contributed by atoms with Gasteiger partial charge in [-0.3, -0.25) is 9.59 Å². The molecular weight excluding hydrogens is 262 g/mol. The van der Waals surface area contributed by atoms with E-state index in [1.165, 1.54) is 6.08 Å². The van der Waals surface area contributed by atoms with E-state index in [-0.39, 0.29) is 11.6 Å². The summed E-state index contributed by atoms with van der Waals surface area (Å²) in [5.74, 6) is -0.257. The fraction of sp³-hybridized carbons (Fsp3) is 0. The number of aromatic nitrogens is 1. The van der Waals surface area contributed by atoms with E-state index in [0.717, 1.165) is 16.5 Å². The maximum absolute atomic E-state index is 12.7. The van der Waals surface area contributed by atoms with E-state index in [0.29, 0.717) is 16.8 Å². The SMILES string of the molecule is O=C1C(c2ccccc2)=CC(=O)c2c1[nH]c1ccccc21. The number of H-pyrrole nitrogens is 1. The standard InChI is InChI=1S/C18H11NO2/c20-15-10-13(11-6-2-1-3-7-11)18(21)17-16(15)12-8-4-5-9-14(12)19-17/h1-10,19H. The number of aromatic amines is 1. The van der Waals surface area contributed by atoms with Crippen LogP contribution >= 0.6 is 0 Å². The van der Waals surface area contributed by atoms with Crippen molar-refractivity contribution in [2.45, 2.75) is 0 Å². The Morgan fingerprint density at radius 3 is 2.33 bits per heavy atom. The second-order valence-corrected chi connectivity index (χ2v) is 5.04. The normalized spacial score (nSPS) is 14.2. The van der Waals surface area contributed by atoms with E-state index >= 15 is 0 Å². The van der Waals surface area contributed by atoms with Gasteiger partial charge in [0.25, 0.3) is 0 Å². The molecule has 3 aromatic rings. The fourth-order valence-corrected chi connectivity index (χ4v) is 2.80. The van der Waals surface area contributed by atoms with Gasteiger partial charge in [0, 0.05) is 16.5 Å². The van der Waals surface area contributed by atoms with Crippen molar-refractivity contribution in [2.75, 3.05) is 0 Å². The predicted molar refractivity (Wildman–Crippen MR) is 81.4 cm³/mol. The van der Waals surface area contributed by atoms with Crippen LogP contribution in [-0.4, -0.2) is 16.6 Å². The topological polar surface area (TPSA) is 49.9 Å². The van der Waals surface area contributed by atoms with Crippen LogP contribution in [0.3, 0.4) is 0 Å². The molecule has 1 aliphatic rings. The molecule has 0 radical (unpaired) electrons. The minimum Gasteiger partial charge on any atom is -0.351 e. The highest BCUT2D eigenvalue weighted by atomic mass is 16.1. The first kappa shape index (κ1) is 11.9. The van der Waals surface area contributed by atoms with Gasteiger partial charge in [0.15, 0.2) is 5.78 Å². The van der Waals surface area contributed by atoms with Crippen LogP contribution in [0.15, 0.2) is 60.7 Å². The van der Waals surface area contributed by atoms with Gasteiger partial charge in [0.05, 0.1) is 11.3 Å². The van der Waals surface area contributed by atoms with E-state index < -0.39 is 0 Å². The molecule has 0 fully saturated rings. The number of hydrogen-bond acceptors (Lipinski definition) is 2. The first-order valence-electron chi connectivity index (χ1n) is 6.72. The van der Waals surface area contributed by atoms with Crippen LogP contribution in [0.5, 0.6) is 0 Å². The highest BCUT2D eigenvalue weighted by Crippen LogP contribution is 2.32. The number of carbonyl (C=O) groups is 2. The monoisotopic (exact) mass is 273 g/mol. The molecule has 0 atom stereocenters. The number of benzene rings is 2. The van der Waals surface area contributed by atoms with Crippen LogP contribution < -0.4 is 0 Å². The molecule has 0 amide bonds. The van der Waals surface area contributed by atoms with Gasteiger partial charge in [-0.05, 0) is 17.7 Å². The second-order valence-electron chi connectivity index (χ2n) is 5.04. The van der Waals surface area contributed by atoms with Crippen LogP contribution in [0.1, 0.15) is 26.4 Å². The molecule has 0 bridgehead atoms. The summed E-state index contributed by atoms with van der Waals surface area (Å²) in [5, 5.41) is 0.800. The fourth-order valence-electron chi connectivity index (χ4n) is 2.80. The number of fused-ring (bicyclic) bond motifs is 3. The van der Waals surface area contributed by atoms with Gasteiger partial charge >= 0.3 is 0 Å². The Morgan fingerprint density at radius 2 is 1.52 bits per heavy atom. The molecule has 21 heavy (non-hydrogen) atoms. The quantitative estimate of drug-likeness (QED) is 0.736. The molecule has 1 aromatic heterocycles. The Hall–Kier alpha value is -2.94. The van der Waals surface area contributed by atoms with Crippen LogP contribution in [0, 0.1) is 0 Å². The molecule has 0 aliphatic heterocycles. The number of ketones is 2. The lowest BCUT2D eigenvalue weighted by atomic mass is 9.89. The van der Waals surface area contributed by atoms with Crippen molar-refractivity contribution in [1.29, 1.82) is 0 Å². The maximum atomic E-state index is 12.7. The predicted octanol–water partition coefficient (Wildman–Crippen LogP) is 3.63. The van der Waals surface area contributed by atoms with E-state index in [4.69, 9.17) is 0 Å². The Labute approximate surface area is 120 Å². The minimum atomic E-state index is -0.132. The van der Waals surface area contributed by atoms with Gasteiger partial charge in [-0.25, -0.2) is 0 Å². The van der Waals surface area contributed by atoms with Gasteiger partial charge in [-0.15, -0.1) is 0 Å². The van der Waals surface area contributed by atoms with Crippen molar-refractivity contribution in [3.05, 3.63) is 77.5 Å². The minimum absolute atomic E-state index is 0.124. The highest BCUT2D eigenvalue weighted by molar-refractivity contribution is 6.40. The lowest BCUT2D eigenvalue weighted by Gasteiger charge is -2.12. The van der Waals surface area contributed by atoms with Crippen molar-refractivity contribution >= 4 is 28.0 Å². The molecule has 3 nitrogen and oxygen atoms in total. The third-order valence-corrected chi connectivity index (χ3v) is 3.78. The van der Waals surface area contributed by atoms with Gasteiger partial charge in [-0.1, -0.05) is 48.5 Å². The number of Topliss-reactive ketones (excluding diaryl/α,β-unsaturated/α-hetero) is 1. The van der Waals surface area contributed by atoms with Gasteiger partial charge < -0.3 is 4.98 Å². The molecule has 1 heterocycles. The van der Waals surface area contributed by atoms with Crippen molar-refractivity contribution in [1.82, 2.24) is 4.98 Å². The summed E-state index contributed by atoms with van der Waals surface area (Å²) in [6, 6.07) is 16.7. The third kappa shape index (κ3) is 1.68. The number of para-hydroxylation sites is 1. The molecule has 0 spiro atoms. The Bertz CT molecular complexity index is 917. The first-order valence-corrected chi connectivity index (χ1v) is 6.72. The average molecular weight is 273 g/mol. The summed E-state index contributed by atoms with van der Waals surface area (Å²) < 4.78 is 0. The zero-order chi connectivity index (χ0) is 14.4. The zero-order valence-corrected chi connectivity index (χ0v) is 11.1. The largest absolute Gasteiger partial charge is 0.351 e. The number of nitrogens with one attached hydrogen (secondary N) is 1. The van der Waals surface area contributed by atoms with Crippen molar-refractivity contribution < 1.29 is 9.59 Å². The molecule has 3 heteroatoms. The lowest BCUT2D eigenvalue weighted by molar-refractivity contribution is 0.100. The first-order chi connectivity index (χ1) is 10.3. The Kier molecular flexibility index (Phi) is 2.42. The molecule has 0 saturated heterocycles. The number of hydrogen-bond donors (Lipinski definition) is 1. The second kappa shape index (κ2) is 4.28. The summed E-state index contributed by atoms with van der Waals surface area (Å²) in [5.41, 5.74) is 2.89. The average Bonchev–Trinajstić information content (AvgIpc) is 2.92. The number of carbonyl (C=O) groups excluding carboxylic acids is 2. The van der Waals surface area contributed by atoms with Crippen LogP contribution in [0.4, 0.5) is 0 Å². The molecular formula is C18H11NO2. The number of allylic oxidation sites excluding steroid dienone is 2. The van der Waals surface area contributed by atoms with Gasteiger partial charge in [0.1, 0.15) is 0 Å². The highest BCUT2D eigenvalue weighted by Gasteiger charge is 2.29. The Balaban J connectivity index is 1.95. The van der Waals surface area contributed by atoms with E-state index in [9.17, 15) is 9.59 Å². The molecule has 100 valence electrons. The molecule has 0 unspecified atom stereocenters. The van der Waals surface area contributed by atoms with Crippen molar-refractivity contribution in [2.24, 2.45) is 0 Å². The van der Waals surface area contributed by atoms with Gasteiger partial charge in [-0.2, -0.15) is 0 Å².